The maximum absolute atomic E-state index is 4.21. The SMILES string of the molecule is CCC1(CNC(C)c2ccnn2C)CCC1. The van der Waals surface area contributed by atoms with Crippen LogP contribution in [0.2, 0.25) is 0 Å². The van der Waals surface area contributed by atoms with Gasteiger partial charge in [0.15, 0.2) is 0 Å². The lowest BCUT2D eigenvalue weighted by atomic mass is 9.67. The summed E-state index contributed by atoms with van der Waals surface area (Å²) in [6.45, 7) is 5.68. The van der Waals surface area contributed by atoms with Crippen LogP contribution in [0, 0.1) is 5.41 Å². The summed E-state index contributed by atoms with van der Waals surface area (Å²) in [6.07, 6.45) is 7.38. The first-order valence-corrected chi connectivity index (χ1v) is 6.38. The highest BCUT2D eigenvalue weighted by atomic mass is 15.3. The van der Waals surface area contributed by atoms with Crippen molar-refractivity contribution in [1.82, 2.24) is 15.1 Å². The molecule has 2 rings (SSSR count). The third-order valence-corrected chi connectivity index (χ3v) is 4.25. The van der Waals surface area contributed by atoms with Crippen molar-refractivity contribution < 1.29 is 0 Å². The van der Waals surface area contributed by atoms with Crippen LogP contribution in [0.5, 0.6) is 0 Å². The Morgan fingerprint density at radius 2 is 2.31 bits per heavy atom. The summed E-state index contributed by atoms with van der Waals surface area (Å²) in [5.74, 6) is 0. The molecule has 3 nitrogen and oxygen atoms in total. The topological polar surface area (TPSA) is 29.9 Å². The van der Waals surface area contributed by atoms with Crippen molar-refractivity contribution in [2.24, 2.45) is 12.5 Å². The zero-order chi connectivity index (χ0) is 11.6. The first-order valence-electron chi connectivity index (χ1n) is 6.38. The lowest BCUT2D eigenvalue weighted by Gasteiger charge is -2.42. The van der Waals surface area contributed by atoms with E-state index in [1.807, 2.05) is 17.9 Å². The highest BCUT2D eigenvalue weighted by Crippen LogP contribution is 2.43. The molecular formula is C13H23N3. The zero-order valence-electron chi connectivity index (χ0n) is 10.7. The predicted octanol–water partition coefficient (Wildman–Crippen LogP) is 2.65. The van der Waals surface area contributed by atoms with Gasteiger partial charge in [-0.3, -0.25) is 4.68 Å². The summed E-state index contributed by atoms with van der Waals surface area (Å²) in [5.41, 5.74) is 1.86. The molecule has 90 valence electrons. The Kier molecular flexibility index (Phi) is 3.33. The molecule has 1 fully saturated rings. The molecule has 0 aromatic carbocycles. The molecule has 1 heterocycles. The Morgan fingerprint density at radius 3 is 2.75 bits per heavy atom. The molecule has 1 aliphatic rings. The number of aromatic nitrogens is 2. The first-order chi connectivity index (χ1) is 7.67. The third-order valence-electron chi connectivity index (χ3n) is 4.25. The van der Waals surface area contributed by atoms with Gasteiger partial charge >= 0.3 is 0 Å². The van der Waals surface area contributed by atoms with Gasteiger partial charge < -0.3 is 5.32 Å². The van der Waals surface area contributed by atoms with Crippen molar-refractivity contribution in [3.05, 3.63) is 18.0 Å². The van der Waals surface area contributed by atoms with Crippen molar-refractivity contribution >= 4 is 0 Å². The second-order valence-electron chi connectivity index (χ2n) is 5.19. The van der Waals surface area contributed by atoms with Gasteiger partial charge in [-0.25, -0.2) is 0 Å². The lowest BCUT2D eigenvalue weighted by molar-refractivity contribution is 0.119. The molecule has 0 aliphatic heterocycles. The lowest BCUT2D eigenvalue weighted by Crippen LogP contribution is -2.40. The fourth-order valence-electron chi connectivity index (χ4n) is 2.62. The minimum Gasteiger partial charge on any atom is -0.308 e. The fourth-order valence-corrected chi connectivity index (χ4v) is 2.62. The van der Waals surface area contributed by atoms with Gasteiger partial charge in [0.1, 0.15) is 0 Å². The Hall–Kier alpha value is -0.830. The quantitative estimate of drug-likeness (QED) is 0.828. The number of hydrogen-bond donors (Lipinski definition) is 1. The molecule has 1 aromatic rings. The van der Waals surface area contributed by atoms with E-state index in [4.69, 9.17) is 0 Å². The minimum atomic E-state index is 0.400. The van der Waals surface area contributed by atoms with E-state index in [2.05, 4.69) is 30.3 Å². The molecule has 1 unspecified atom stereocenters. The number of aryl methyl sites for hydroxylation is 1. The van der Waals surface area contributed by atoms with Crippen LogP contribution in [0.15, 0.2) is 12.3 Å². The van der Waals surface area contributed by atoms with Crippen LogP contribution in [0.3, 0.4) is 0 Å². The molecule has 0 saturated heterocycles. The van der Waals surface area contributed by atoms with Crippen molar-refractivity contribution in [1.29, 1.82) is 0 Å². The van der Waals surface area contributed by atoms with Crippen LogP contribution in [-0.2, 0) is 7.05 Å². The van der Waals surface area contributed by atoms with E-state index in [0.717, 1.165) is 6.54 Å². The molecule has 1 saturated carbocycles. The van der Waals surface area contributed by atoms with E-state index in [0.29, 0.717) is 11.5 Å². The number of nitrogens with one attached hydrogen (secondary N) is 1. The molecule has 0 spiro atoms. The fraction of sp³-hybridized carbons (Fsp3) is 0.769. The Bertz CT molecular complexity index is 333. The van der Waals surface area contributed by atoms with Crippen molar-refractivity contribution in [3.8, 4) is 0 Å². The third kappa shape index (κ3) is 2.14. The Balaban J connectivity index is 1.88. The van der Waals surface area contributed by atoms with Gasteiger partial charge in [-0.15, -0.1) is 0 Å². The predicted molar refractivity (Wildman–Crippen MR) is 66.2 cm³/mol. The summed E-state index contributed by atoms with van der Waals surface area (Å²) in [7, 11) is 2.01. The molecule has 1 aliphatic carbocycles. The zero-order valence-corrected chi connectivity index (χ0v) is 10.7. The summed E-state index contributed by atoms with van der Waals surface area (Å²) < 4.78 is 1.96. The van der Waals surface area contributed by atoms with Gasteiger partial charge in [-0.1, -0.05) is 13.3 Å². The summed E-state index contributed by atoms with van der Waals surface area (Å²) in [6, 6.07) is 2.49. The molecule has 16 heavy (non-hydrogen) atoms. The molecule has 1 N–H and O–H groups in total. The van der Waals surface area contributed by atoms with Crippen molar-refractivity contribution in [2.45, 2.75) is 45.6 Å². The molecule has 0 radical (unpaired) electrons. The van der Waals surface area contributed by atoms with E-state index in [1.165, 1.54) is 31.4 Å². The van der Waals surface area contributed by atoms with Gasteiger partial charge in [0.05, 0.1) is 5.69 Å². The van der Waals surface area contributed by atoms with E-state index >= 15 is 0 Å². The molecule has 3 heteroatoms. The standard InChI is InChI=1S/C13H23N3/c1-4-13(7-5-8-13)10-14-11(2)12-6-9-15-16(12)3/h6,9,11,14H,4-5,7-8,10H2,1-3H3. The van der Waals surface area contributed by atoms with Gasteiger partial charge in [0.25, 0.3) is 0 Å². The minimum absolute atomic E-state index is 0.400. The number of nitrogens with zero attached hydrogens (tertiary/aromatic N) is 2. The largest absolute Gasteiger partial charge is 0.308 e. The molecule has 1 aromatic heterocycles. The average molecular weight is 221 g/mol. The Labute approximate surface area is 98.2 Å². The average Bonchev–Trinajstić information content (AvgIpc) is 2.63. The smallest absolute Gasteiger partial charge is 0.0547 e. The second kappa shape index (κ2) is 4.58. The van der Waals surface area contributed by atoms with Gasteiger partial charge in [0, 0.05) is 25.8 Å². The van der Waals surface area contributed by atoms with Gasteiger partial charge in [0.2, 0.25) is 0 Å². The maximum atomic E-state index is 4.21. The molecule has 0 amide bonds. The van der Waals surface area contributed by atoms with Crippen LogP contribution >= 0.6 is 0 Å². The van der Waals surface area contributed by atoms with Crippen LogP contribution in [-0.4, -0.2) is 16.3 Å². The van der Waals surface area contributed by atoms with Crippen molar-refractivity contribution in [3.63, 3.8) is 0 Å². The highest BCUT2D eigenvalue weighted by Gasteiger charge is 2.34. The highest BCUT2D eigenvalue weighted by molar-refractivity contribution is 5.05. The van der Waals surface area contributed by atoms with E-state index in [9.17, 15) is 0 Å². The van der Waals surface area contributed by atoms with Crippen LogP contribution in [0.25, 0.3) is 0 Å². The first kappa shape index (κ1) is 11.6. The van der Waals surface area contributed by atoms with Gasteiger partial charge in [-0.2, -0.15) is 5.10 Å². The molecule has 0 bridgehead atoms. The molecule has 1 atom stereocenters. The van der Waals surface area contributed by atoms with Crippen LogP contribution in [0.4, 0.5) is 0 Å². The number of rotatable bonds is 5. The van der Waals surface area contributed by atoms with E-state index < -0.39 is 0 Å². The summed E-state index contributed by atoms with van der Waals surface area (Å²) >= 11 is 0. The van der Waals surface area contributed by atoms with Crippen LogP contribution < -0.4 is 5.32 Å². The van der Waals surface area contributed by atoms with Gasteiger partial charge in [-0.05, 0) is 37.7 Å². The maximum Gasteiger partial charge on any atom is 0.0547 e. The Morgan fingerprint density at radius 1 is 1.56 bits per heavy atom. The monoisotopic (exact) mass is 221 g/mol. The summed E-state index contributed by atoms with van der Waals surface area (Å²) in [5, 5.41) is 7.87. The summed E-state index contributed by atoms with van der Waals surface area (Å²) in [4.78, 5) is 0. The van der Waals surface area contributed by atoms with E-state index in [-0.39, 0.29) is 0 Å². The molecular weight excluding hydrogens is 198 g/mol. The normalized spacial score (nSPS) is 20.4. The number of hydrogen-bond acceptors (Lipinski definition) is 2. The van der Waals surface area contributed by atoms with Crippen LogP contribution in [0.1, 0.15) is 51.3 Å². The second-order valence-corrected chi connectivity index (χ2v) is 5.19. The van der Waals surface area contributed by atoms with E-state index in [1.54, 1.807) is 0 Å². The van der Waals surface area contributed by atoms with Crippen molar-refractivity contribution in [2.75, 3.05) is 6.54 Å².